The van der Waals surface area contributed by atoms with Gasteiger partial charge in [0.05, 0.1) is 8.07 Å². The molecule has 0 bridgehead atoms. The Kier molecular flexibility index (Phi) is 5.96. The van der Waals surface area contributed by atoms with Crippen LogP contribution in [-0.2, 0) is 11.3 Å². The summed E-state index contributed by atoms with van der Waals surface area (Å²) in [4.78, 5) is 25.0. The molecule has 116 valence electrons. The predicted octanol–water partition coefficient (Wildman–Crippen LogP) is 2.55. The fraction of sp³-hybridized carbons (Fsp3) is 0.467. The van der Waals surface area contributed by atoms with Crippen LogP contribution < -0.4 is 5.32 Å². The van der Waals surface area contributed by atoms with Crippen LogP contribution in [0.2, 0.25) is 19.6 Å². The highest BCUT2D eigenvalue weighted by Gasteiger charge is 2.26. The van der Waals surface area contributed by atoms with E-state index in [2.05, 4.69) is 25.0 Å². The van der Waals surface area contributed by atoms with Crippen molar-refractivity contribution in [3.8, 4) is 0 Å². The molecule has 2 amide bonds. The Morgan fingerprint density at radius 2 is 1.81 bits per heavy atom. The number of rotatable bonds is 6. The summed E-state index contributed by atoms with van der Waals surface area (Å²) in [6.45, 7) is 8.66. The third kappa shape index (κ3) is 6.44. The second-order valence-electron chi connectivity index (χ2n) is 6.41. The molecule has 1 atom stereocenters. The van der Waals surface area contributed by atoms with E-state index in [1.807, 2.05) is 30.3 Å². The summed E-state index contributed by atoms with van der Waals surface area (Å²) in [6, 6.07) is 9.02. The minimum Gasteiger partial charge on any atom is -0.465 e. The Hall–Kier alpha value is -1.82. The van der Waals surface area contributed by atoms with Crippen molar-refractivity contribution in [2.45, 2.75) is 39.2 Å². The van der Waals surface area contributed by atoms with Gasteiger partial charge >= 0.3 is 6.09 Å². The van der Waals surface area contributed by atoms with E-state index in [-0.39, 0.29) is 5.91 Å². The Morgan fingerprint density at radius 3 is 2.29 bits per heavy atom. The van der Waals surface area contributed by atoms with Gasteiger partial charge in [0.2, 0.25) is 5.91 Å². The van der Waals surface area contributed by atoms with E-state index in [0.29, 0.717) is 12.7 Å². The molecule has 1 rings (SSSR count). The van der Waals surface area contributed by atoms with Crippen molar-refractivity contribution in [2.75, 3.05) is 6.17 Å². The van der Waals surface area contributed by atoms with E-state index in [0.717, 1.165) is 5.56 Å². The van der Waals surface area contributed by atoms with Crippen LogP contribution in [0.4, 0.5) is 4.79 Å². The molecule has 0 saturated heterocycles. The third-order valence-corrected chi connectivity index (χ3v) is 4.23. The van der Waals surface area contributed by atoms with Gasteiger partial charge in [-0.15, -0.1) is 0 Å². The molecular weight excluding hydrogens is 284 g/mol. The van der Waals surface area contributed by atoms with Crippen molar-refractivity contribution in [3.63, 3.8) is 0 Å². The number of hydrogen-bond acceptors (Lipinski definition) is 2. The van der Waals surface area contributed by atoms with Gasteiger partial charge in [-0.3, -0.25) is 4.79 Å². The van der Waals surface area contributed by atoms with Gasteiger partial charge < -0.3 is 15.3 Å². The molecule has 0 radical (unpaired) electrons. The number of benzene rings is 1. The molecule has 0 saturated carbocycles. The first-order valence-corrected chi connectivity index (χ1v) is 10.7. The van der Waals surface area contributed by atoms with Gasteiger partial charge in [-0.2, -0.15) is 0 Å². The van der Waals surface area contributed by atoms with Gasteiger partial charge in [-0.05, 0) is 12.5 Å². The molecule has 0 unspecified atom stereocenters. The summed E-state index contributed by atoms with van der Waals surface area (Å²) >= 11 is 0. The molecule has 0 aliphatic carbocycles. The van der Waals surface area contributed by atoms with Crippen LogP contribution in [0.5, 0.6) is 0 Å². The van der Waals surface area contributed by atoms with E-state index in [9.17, 15) is 9.59 Å². The standard InChI is InChI=1S/C15H24N2O3Si/c1-12(16-15(19)20)14(18)17(11-21(2,3)4)10-13-8-6-5-7-9-13/h5-9,12,16H,10-11H2,1-4H3,(H,19,20)/t12-/m1/s1. The molecular formula is C15H24N2O3Si. The average Bonchev–Trinajstić information content (AvgIpc) is 2.36. The van der Waals surface area contributed by atoms with Crippen LogP contribution in [-0.4, -0.2) is 42.3 Å². The lowest BCUT2D eigenvalue weighted by atomic mass is 10.2. The second kappa shape index (κ2) is 7.26. The highest BCUT2D eigenvalue weighted by atomic mass is 28.3. The fourth-order valence-corrected chi connectivity index (χ4v) is 3.52. The van der Waals surface area contributed by atoms with E-state index in [1.54, 1.807) is 11.8 Å². The topological polar surface area (TPSA) is 69.6 Å². The zero-order valence-electron chi connectivity index (χ0n) is 13.1. The molecule has 21 heavy (non-hydrogen) atoms. The van der Waals surface area contributed by atoms with Crippen LogP contribution in [0.15, 0.2) is 30.3 Å². The van der Waals surface area contributed by atoms with E-state index in [1.165, 1.54) is 0 Å². The highest BCUT2D eigenvalue weighted by Crippen LogP contribution is 2.11. The minimum absolute atomic E-state index is 0.177. The first-order chi connectivity index (χ1) is 9.69. The largest absolute Gasteiger partial charge is 0.465 e. The van der Waals surface area contributed by atoms with Gasteiger partial charge in [0.1, 0.15) is 6.04 Å². The summed E-state index contributed by atoms with van der Waals surface area (Å²) in [5.74, 6) is -0.177. The number of hydrogen-bond donors (Lipinski definition) is 2. The zero-order chi connectivity index (χ0) is 16.0. The van der Waals surface area contributed by atoms with Gasteiger partial charge in [-0.25, -0.2) is 4.79 Å². The monoisotopic (exact) mass is 308 g/mol. The molecule has 0 fully saturated rings. The number of carbonyl (C=O) groups excluding carboxylic acids is 1. The lowest BCUT2D eigenvalue weighted by molar-refractivity contribution is -0.132. The molecule has 0 heterocycles. The van der Waals surface area contributed by atoms with Crippen LogP contribution in [0.3, 0.4) is 0 Å². The van der Waals surface area contributed by atoms with Crippen molar-refractivity contribution < 1.29 is 14.7 Å². The SMILES string of the molecule is C[C@@H](NC(=O)O)C(=O)N(Cc1ccccc1)C[Si](C)(C)C. The van der Waals surface area contributed by atoms with Gasteiger partial charge in [0.25, 0.3) is 0 Å². The van der Waals surface area contributed by atoms with E-state index < -0.39 is 20.2 Å². The van der Waals surface area contributed by atoms with Crippen molar-refractivity contribution in [1.29, 1.82) is 0 Å². The maximum absolute atomic E-state index is 12.5. The molecule has 5 nitrogen and oxygen atoms in total. The summed E-state index contributed by atoms with van der Waals surface area (Å²) in [5.41, 5.74) is 1.05. The fourth-order valence-electron chi connectivity index (χ4n) is 2.11. The first kappa shape index (κ1) is 17.2. The Labute approximate surface area is 127 Å². The van der Waals surface area contributed by atoms with Crippen LogP contribution in [0.25, 0.3) is 0 Å². The van der Waals surface area contributed by atoms with Gasteiger partial charge in [0, 0.05) is 12.7 Å². The van der Waals surface area contributed by atoms with Crippen molar-refractivity contribution in [2.24, 2.45) is 0 Å². The van der Waals surface area contributed by atoms with E-state index >= 15 is 0 Å². The Bertz CT molecular complexity index is 485. The summed E-state index contributed by atoms with van der Waals surface area (Å²) in [5, 5.41) is 11.0. The number of nitrogens with zero attached hydrogens (tertiary/aromatic N) is 1. The summed E-state index contributed by atoms with van der Waals surface area (Å²) < 4.78 is 0. The molecule has 0 aliphatic rings. The number of carbonyl (C=O) groups is 2. The molecule has 1 aromatic carbocycles. The predicted molar refractivity (Wildman–Crippen MR) is 85.8 cm³/mol. The van der Waals surface area contributed by atoms with Crippen molar-refractivity contribution in [1.82, 2.24) is 10.2 Å². The van der Waals surface area contributed by atoms with Crippen LogP contribution in [0, 0.1) is 0 Å². The molecule has 2 N–H and O–H groups in total. The molecule has 0 spiro atoms. The van der Waals surface area contributed by atoms with Crippen molar-refractivity contribution in [3.05, 3.63) is 35.9 Å². The van der Waals surface area contributed by atoms with E-state index in [4.69, 9.17) is 5.11 Å². The van der Waals surface area contributed by atoms with Crippen molar-refractivity contribution >= 4 is 20.1 Å². The quantitative estimate of drug-likeness (QED) is 0.794. The number of amides is 2. The average molecular weight is 308 g/mol. The lowest BCUT2D eigenvalue weighted by Gasteiger charge is -2.31. The Balaban J connectivity index is 2.86. The van der Waals surface area contributed by atoms with Gasteiger partial charge in [-0.1, -0.05) is 50.0 Å². The zero-order valence-corrected chi connectivity index (χ0v) is 14.1. The second-order valence-corrected chi connectivity index (χ2v) is 11.8. The molecule has 1 aromatic rings. The number of nitrogens with one attached hydrogen (secondary N) is 1. The maximum atomic E-state index is 12.5. The van der Waals surface area contributed by atoms with Gasteiger partial charge in [0.15, 0.2) is 0 Å². The summed E-state index contributed by atoms with van der Waals surface area (Å²) in [6.07, 6.45) is -0.477. The van der Waals surface area contributed by atoms with Crippen LogP contribution in [0.1, 0.15) is 12.5 Å². The highest BCUT2D eigenvalue weighted by molar-refractivity contribution is 6.76. The maximum Gasteiger partial charge on any atom is 0.405 e. The third-order valence-electron chi connectivity index (χ3n) is 2.90. The first-order valence-electron chi connectivity index (χ1n) is 7.01. The molecule has 0 aromatic heterocycles. The Morgan fingerprint density at radius 1 is 1.24 bits per heavy atom. The molecule has 0 aliphatic heterocycles. The number of carboxylic acid groups (broad SMARTS) is 1. The normalized spacial score (nSPS) is 12.6. The lowest BCUT2D eigenvalue weighted by Crippen LogP contribution is -2.50. The van der Waals surface area contributed by atoms with Crippen LogP contribution >= 0.6 is 0 Å². The minimum atomic E-state index is -1.49. The summed E-state index contributed by atoms with van der Waals surface area (Å²) in [7, 11) is -1.49. The smallest absolute Gasteiger partial charge is 0.405 e. The molecule has 6 heteroatoms.